The standard InChI is InChI=1S/C10H11F3O2/c1-9(15,10(11,12)13)8-4-2-3-7(5-8)6-14/h2-5,14-15H,6H2,1H3. The zero-order valence-electron chi connectivity index (χ0n) is 8.04. The number of hydrogen-bond donors (Lipinski definition) is 2. The molecule has 15 heavy (non-hydrogen) atoms. The summed E-state index contributed by atoms with van der Waals surface area (Å²) in [5, 5.41) is 18.1. The molecule has 1 rings (SSSR count). The van der Waals surface area contributed by atoms with Crippen molar-refractivity contribution in [2.45, 2.75) is 25.3 Å². The SMILES string of the molecule is CC(O)(c1cccc(CO)c1)C(F)(F)F. The number of hydrogen-bond acceptors (Lipinski definition) is 2. The maximum absolute atomic E-state index is 12.4. The fraction of sp³-hybridized carbons (Fsp3) is 0.400. The smallest absolute Gasteiger partial charge is 0.392 e. The number of alkyl halides is 3. The van der Waals surface area contributed by atoms with Crippen LogP contribution in [0.3, 0.4) is 0 Å². The van der Waals surface area contributed by atoms with Crippen molar-refractivity contribution in [2.75, 3.05) is 0 Å². The highest BCUT2D eigenvalue weighted by molar-refractivity contribution is 5.28. The van der Waals surface area contributed by atoms with E-state index >= 15 is 0 Å². The molecule has 0 aliphatic rings. The second-order valence-corrected chi connectivity index (χ2v) is 3.43. The van der Waals surface area contributed by atoms with Crippen molar-refractivity contribution in [1.82, 2.24) is 0 Å². The molecule has 0 saturated carbocycles. The first-order chi connectivity index (χ1) is 6.79. The van der Waals surface area contributed by atoms with Crippen molar-refractivity contribution in [3.05, 3.63) is 35.4 Å². The molecule has 0 bridgehead atoms. The van der Waals surface area contributed by atoms with Crippen LogP contribution in [0.5, 0.6) is 0 Å². The van der Waals surface area contributed by atoms with E-state index in [4.69, 9.17) is 5.11 Å². The van der Waals surface area contributed by atoms with E-state index in [1.165, 1.54) is 18.2 Å². The minimum absolute atomic E-state index is 0.276. The monoisotopic (exact) mass is 220 g/mol. The Morgan fingerprint density at radius 2 is 1.87 bits per heavy atom. The van der Waals surface area contributed by atoms with Gasteiger partial charge in [-0.3, -0.25) is 0 Å². The molecular formula is C10H11F3O2. The number of aliphatic hydroxyl groups is 2. The maximum Gasteiger partial charge on any atom is 0.421 e. The molecule has 0 amide bonds. The highest BCUT2D eigenvalue weighted by atomic mass is 19.4. The highest BCUT2D eigenvalue weighted by Crippen LogP contribution is 2.38. The van der Waals surface area contributed by atoms with E-state index in [2.05, 4.69) is 0 Å². The average molecular weight is 220 g/mol. The summed E-state index contributed by atoms with van der Waals surface area (Å²) in [6.45, 7) is 0.325. The lowest BCUT2D eigenvalue weighted by Crippen LogP contribution is -2.39. The zero-order chi connectivity index (χ0) is 11.7. The van der Waals surface area contributed by atoms with E-state index in [-0.39, 0.29) is 12.2 Å². The van der Waals surface area contributed by atoms with Crippen molar-refractivity contribution in [3.63, 3.8) is 0 Å². The van der Waals surface area contributed by atoms with Gasteiger partial charge in [0.1, 0.15) is 0 Å². The van der Waals surface area contributed by atoms with E-state index in [9.17, 15) is 18.3 Å². The van der Waals surface area contributed by atoms with Crippen LogP contribution < -0.4 is 0 Å². The summed E-state index contributed by atoms with van der Waals surface area (Å²) in [7, 11) is 0. The van der Waals surface area contributed by atoms with Crippen LogP contribution in [0, 0.1) is 0 Å². The lowest BCUT2D eigenvalue weighted by molar-refractivity contribution is -0.258. The van der Waals surface area contributed by atoms with Crippen molar-refractivity contribution < 1.29 is 23.4 Å². The molecule has 0 radical (unpaired) electrons. The Kier molecular flexibility index (Phi) is 3.06. The Bertz CT molecular complexity index is 345. The van der Waals surface area contributed by atoms with E-state index in [0.717, 1.165) is 6.07 Å². The Morgan fingerprint density at radius 1 is 1.27 bits per heavy atom. The molecule has 1 aromatic carbocycles. The summed E-state index contributed by atoms with van der Waals surface area (Å²) >= 11 is 0. The molecule has 0 spiro atoms. The molecule has 84 valence electrons. The first kappa shape index (κ1) is 12.0. The van der Waals surface area contributed by atoms with Crippen LogP contribution in [0.4, 0.5) is 13.2 Å². The van der Waals surface area contributed by atoms with Gasteiger partial charge in [0.15, 0.2) is 5.60 Å². The number of rotatable bonds is 2. The van der Waals surface area contributed by atoms with Crippen molar-refractivity contribution in [3.8, 4) is 0 Å². The van der Waals surface area contributed by atoms with Gasteiger partial charge in [0.05, 0.1) is 6.61 Å². The van der Waals surface area contributed by atoms with Crippen molar-refractivity contribution >= 4 is 0 Å². The average Bonchev–Trinajstić information content (AvgIpc) is 2.16. The first-order valence-corrected chi connectivity index (χ1v) is 4.28. The minimum atomic E-state index is -4.74. The predicted molar refractivity (Wildman–Crippen MR) is 48.0 cm³/mol. The Morgan fingerprint density at radius 3 is 2.33 bits per heavy atom. The van der Waals surface area contributed by atoms with E-state index in [1.54, 1.807) is 0 Å². The second kappa shape index (κ2) is 3.83. The second-order valence-electron chi connectivity index (χ2n) is 3.43. The molecule has 0 heterocycles. The van der Waals surface area contributed by atoms with Crippen LogP contribution >= 0.6 is 0 Å². The number of halogens is 3. The molecule has 1 atom stereocenters. The maximum atomic E-state index is 12.4. The molecule has 2 nitrogen and oxygen atoms in total. The third-order valence-corrected chi connectivity index (χ3v) is 2.22. The molecule has 1 unspecified atom stereocenters. The molecule has 0 saturated heterocycles. The Labute approximate surface area is 85.0 Å². The highest BCUT2D eigenvalue weighted by Gasteiger charge is 2.51. The lowest BCUT2D eigenvalue weighted by Gasteiger charge is -2.26. The normalized spacial score (nSPS) is 16.1. The molecule has 2 N–H and O–H groups in total. The van der Waals surface area contributed by atoms with Gasteiger partial charge >= 0.3 is 6.18 Å². The van der Waals surface area contributed by atoms with Crippen LogP contribution in [0.25, 0.3) is 0 Å². The van der Waals surface area contributed by atoms with Gasteiger partial charge in [-0.05, 0) is 18.1 Å². The summed E-state index contributed by atoms with van der Waals surface area (Å²) < 4.78 is 37.3. The summed E-state index contributed by atoms with van der Waals surface area (Å²) in [5.41, 5.74) is -2.84. The van der Waals surface area contributed by atoms with Gasteiger partial charge in [-0.2, -0.15) is 13.2 Å². The van der Waals surface area contributed by atoms with Gasteiger partial charge in [-0.1, -0.05) is 24.3 Å². The van der Waals surface area contributed by atoms with Crippen molar-refractivity contribution in [2.24, 2.45) is 0 Å². The number of aliphatic hydroxyl groups excluding tert-OH is 1. The number of benzene rings is 1. The summed E-state index contributed by atoms with van der Waals surface area (Å²) in [5.74, 6) is 0. The van der Waals surface area contributed by atoms with E-state index in [0.29, 0.717) is 12.5 Å². The molecule has 0 fully saturated rings. The Balaban J connectivity index is 3.15. The quantitative estimate of drug-likeness (QED) is 0.799. The third kappa shape index (κ3) is 2.30. The zero-order valence-corrected chi connectivity index (χ0v) is 8.04. The summed E-state index contributed by atoms with van der Waals surface area (Å²) in [6.07, 6.45) is -4.74. The van der Waals surface area contributed by atoms with Crippen molar-refractivity contribution in [1.29, 1.82) is 0 Å². The molecule has 0 aliphatic heterocycles. The van der Waals surface area contributed by atoms with Crippen LogP contribution in [0.1, 0.15) is 18.1 Å². The van der Waals surface area contributed by atoms with Gasteiger partial charge in [0, 0.05) is 0 Å². The summed E-state index contributed by atoms with van der Waals surface area (Å²) in [6, 6.07) is 5.15. The fourth-order valence-corrected chi connectivity index (χ4v) is 1.14. The molecule has 0 aromatic heterocycles. The minimum Gasteiger partial charge on any atom is -0.392 e. The predicted octanol–water partition coefficient (Wildman–Crippen LogP) is 1.95. The van der Waals surface area contributed by atoms with Gasteiger partial charge in [0.25, 0.3) is 0 Å². The molecule has 5 heteroatoms. The van der Waals surface area contributed by atoms with Crippen LogP contribution in [-0.4, -0.2) is 16.4 Å². The van der Waals surface area contributed by atoms with E-state index < -0.39 is 11.8 Å². The molecular weight excluding hydrogens is 209 g/mol. The van der Waals surface area contributed by atoms with Crippen LogP contribution in [0.15, 0.2) is 24.3 Å². The van der Waals surface area contributed by atoms with Crippen LogP contribution in [-0.2, 0) is 12.2 Å². The largest absolute Gasteiger partial charge is 0.421 e. The van der Waals surface area contributed by atoms with Gasteiger partial charge in [-0.15, -0.1) is 0 Å². The fourth-order valence-electron chi connectivity index (χ4n) is 1.14. The lowest BCUT2D eigenvalue weighted by atomic mass is 9.94. The first-order valence-electron chi connectivity index (χ1n) is 4.28. The van der Waals surface area contributed by atoms with Crippen LogP contribution in [0.2, 0.25) is 0 Å². The van der Waals surface area contributed by atoms with Gasteiger partial charge in [-0.25, -0.2) is 0 Å². The summed E-state index contributed by atoms with van der Waals surface area (Å²) in [4.78, 5) is 0. The van der Waals surface area contributed by atoms with E-state index in [1.807, 2.05) is 0 Å². The topological polar surface area (TPSA) is 40.5 Å². The van der Waals surface area contributed by atoms with Gasteiger partial charge in [0.2, 0.25) is 0 Å². The molecule has 0 aliphatic carbocycles. The molecule has 1 aromatic rings. The van der Waals surface area contributed by atoms with Gasteiger partial charge < -0.3 is 10.2 Å². The Hall–Kier alpha value is -1.07. The third-order valence-electron chi connectivity index (χ3n) is 2.22.